The zero-order chi connectivity index (χ0) is 14.4. The van der Waals surface area contributed by atoms with E-state index in [-0.39, 0.29) is 12.1 Å². The van der Waals surface area contributed by atoms with Crippen molar-refractivity contribution in [2.24, 2.45) is 5.73 Å². The Morgan fingerprint density at radius 3 is 2.60 bits per heavy atom. The molecule has 0 amide bonds. The molecule has 0 bridgehead atoms. The molecule has 3 N–H and O–H groups in total. The van der Waals surface area contributed by atoms with Crippen LogP contribution in [0.1, 0.15) is 51.9 Å². The molecule has 0 spiro atoms. The van der Waals surface area contributed by atoms with Crippen molar-refractivity contribution in [1.82, 2.24) is 9.80 Å². The highest BCUT2D eigenvalue weighted by atomic mass is 16.3. The average Bonchev–Trinajstić information content (AvgIpc) is 2.93. The van der Waals surface area contributed by atoms with Crippen molar-refractivity contribution in [3.05, 3.63) is 0 Å². The lowest BCUT2D eigenvalue weighted by Gasteiger charge is -2.32. The van der Waals surface area contributed by atoms with Crippen LogP contribution in [0.2, 0.25) is 0 Å². The molecule has 4 nitrogen and oxygen atoms in total. The fourth-order valence-corrected chi connectivity index (χ4v) is 3.54. The first-order chi connectivity index (χ1) is 9.61. The van der Waals surface area contributed by atoms with Crippen molar-refractivity contribution in [2.45, 2.75) is 63.5 Å². The van der Waals surface area contributed by atoms with Gasteiger partial charge in [-0.3, -0.25) is 4.90 Å². The molecule has 0 aromatic carbocycles. The first-order valence-corrected chi connectivity index (χ1v) is 8.47. The van der Waals surface area contributed by atoms with Gasteiger partial charge in [-0.25, -0.2) is 0 Å². The highest BCUT2D eigenvalue weighted by molar-refractivity contribution is 4.85. The van der Waals surface area contributed by atoms with Gasteiger partial charge < -0.3 is 15.7 Å². The Kier molecular flexibility index (Phi) is 6.27. The minimum Gasteiger partial charge on any atom is -0.394 e. The summed E-state index contributed by atoms with van der Waals surface area (Å²) in [6.07, 6.45) is 8.82. The molecule has 2 rings (SSSR count). The average molecular weight is 283 g/mol. The number of nitrogens with zero attached hydrogens (tertiary/aromatic N) is 2. The Morgan fingerprint density at radius 2 is 1.90 bits per heavy atom. The first kappa shape index (κ1) is 16.2. The summed E-state index contributed by atoms with van der Waals surface area (Å²) in [5.74, 6) is 0. The number of aliphatic hydroxyl groups excluding tert-OH is 1. The van der Waals surface area contributed by atoms with Crippen LogP contribution < -0.4 is 5.73 Å². The maximum absolute atomic E-state index is 9.14. The zero-order valence-electron chi connectivity index (χ0n) is 13.2. The fourth-order valence-electron chi connectivity index (χ4n) is 3.54. The SMILES string of the molecule is CC(N)(CO)CCCCN1CCC(N2CCCCC2)C1. The van der Waals surface area contributed by atoms with Crippen molar-refractivity contribution >= 4 is 0 Å². The molecule has 2 unspecified atom stereocenters. The van der Waals surface area contributed by atoms with E-state index in [2.05, 4.69) is 9.80 Å². The highest BCUT2D eigenvalue weighted by Gasteiger charge is 2.28. The Labute approximate surface area is 124 Å². The number of hydrogen-bond donors (Lipinski definition) is 2. The lowest BCUT2D eigenvalue weighted by atomic mass is 9.97. The molecule has 20 heavy (non-hydrogen) atoms. The maximum Gasteiger partial charge on any atom is 0.0608 e. The second kappa shape index (κ2) is 7.74. The van der Waals surface area contributed by atoms with E-state index < -0.39 is 0 Å². The fraction of sp³-hybridized carbons (Fsp3) is 1.00. The number of nitrogens with two attached hydrogens (primary N) is 1. The van der Waals surface area contributed by atoms with Crippen LogP contribution in [-0.4, -0.2) is 65.8 Å². The van der Waals surface area contributed by atoms with E-state index in [0.717, 1.165) is 18.9 Å². The van der Waals surface area contributed by atoms with Crippen molar-refractivity contribution in [2.75, 3.05) is 39.3 Å². The van der Waals surface area contributed by atoms with Crippen molar-refractivity contribution in [3.8, 4) is 0 Å². The summed E-state index contributed by atoms with van der Waals surface area (Å²) in [6, 6.07) is 0.813. The molecule has 2 fully saturated rings. The summed E-state index contributed by atoms with van der Waals surface area (Å²) < 4.78 is 0. The molecular formula is C16H33N3O. The predicted octanol–water partition coefficient (Wildman–Crippen LogP) is 1.43. The minimum atomic E-state index is -0.388. The molecule has 0 aromatic heterocycles. The van der Waals surface area contributed by atoms with E-state index in [4.69, 9.17) is 10.8 Å². The number of likely N-dealkylation sites (tertiary alicyclic amines) is 2. The van der Waals surface area contributed by atoms with E-state index in [1.165, 1.54) is 64.8 Å². The van der Waals surface area contributed by atoms with Gasteiger partial charge in [0, 0.05) is 18.1 Å². The van der Waals surface area contributed by atoms with Crippen LogP contribution in [0.15, 0.2) is 0 Å². The molecule has 0 aromatic rings. The molecule has 2 aliphatic rings. The molecule has 2 heterocycles. The van der Waals surface area contributed by atoms with Crippen molar-refractivity contribution in [1.29, 1.82) is 0 Å². The molecule has 0 saturated carbocycles. The second-order valence-electron chi connectivity index (χ2n) is 7.11. The zero-order valence-corrected chi connectivity index (χ0v) is 13.2. The highest BCUT2D eigenvalue weighted by Crippen LogP contribution is 2.20. The van der Waals surface area contributed by atoms with Gasteiger partial charge >= 0.3 is 0 Å². The number of aliphatic hydroxyl groups is 1. The monoisotopic (exact) mass is 283 g/mol. The largest absolute Gasteiger partial charge is 0.394 e. The van der Waals surface area contributed by atoms with E-state index in [1.807, 2.05) is 6.92 Å². The second-order valence-corrected chi connectivity index (χ2v) is 7.11. The number of hydrogen-bond acceptors (Lipinski definition) is 4. The van der Waals surface area contributed by atoms with Crippen molar-refractivity contribution < 1.29 is 5.11 Å². The molecular weight excluding hydrogens is 250 g/mol. The van der Waals surface area contributed by atoms with Crippen LogP contribution in [0.3, 0.4) is 0 Å². The molecule has 0 radical (unpaired) electrons. The Hall–Kier alpha value is -0.160. The maximum atomic E-state index is 9.14. The lowest BCUT2D eigenvalue weighted by Crippen LogP contribution is -2.41. The van der Waals surface area contributed by atoms with Crippen molar-refractivity contribution in [3.63, 3.8) is 0 Å². The van der Waals surface area contributed by atoms with Gasteiger partial charge in [-0.05, 0) is 65.2 Å². The minimum absolute atomic E-state index is 0.0910. The predicted molar refractivity (Wildman–Crippen MR) is 83.8 cm³/mol. The van der Waals surface area contributed by atoms with Gasteiger partial charge in [-0.15, -0.1) is 0 Å². The van der Waals surface area contributed by atoms with Gasteiger partial charge in [0.1, 0.15) is 0 Å². The summed E-state index contributed by atoms with van der Waals surface area (Å²) in [5, 5.41) is 9.14. The molecule has 2 aliphatic heterocycles. The third-order valence-electron chi connectivity index (χ3n) is 4.99. The third-order valence-corrected chi connectivity index (χ3v) is 4.99. The number of unbranched alkanes of at least 4 members (excludes halogenated alkanes) is 1. The van der Waals surface area contributed by atoms with Gasteiger partial charge in [-0.2, -0.15) is 0 Å². The van der Waals surface area contributed by atoms with Crippen LogP contribution in [0, 0.1) is 0 Å². The lowest BCUT2D eigenvalue weighted by molar-refractivity contribution is 0.161. The smallest absolute Gasteiger partial charge is 0.0608 e. The van der Waals surface area contributed by atoms with E-state index in [1.54, 1.807) is 0 Å². The molecule has 118 valence electrons. The Balaban J connectivity index is 1.59. The summed E-state index contributed by atoms with van der Waals surface area (Å²) in [5.41, 5.74) is 5.57. The van der Waals surface area contributed by atoms with Crippen LogP contribution >= 0.6 is 0 Å². The Morgan fingerprint density at radius 1 is 1.15 bits per heavy atom. The summed E-state index contributed by atoms with van der Waals surface area (Å²) in [7, 11) is 0. The third kappa shape index (κ3) is 4.99. The van der Waals surface area contributed by atoms with E-state index >= 15 is 0 Å². The standard InChI is InChI=1S/C16H33N3O/c1-16(17,14-20)8-3-6-9-18-12-7-15(13-18)19-10-4-2-5-11-19/h15,20H,2-14,17H2,1H3. The van der Waals surface area contributed by atoms with E-state index in [9.17, 15) is 0 Å². The van der Waals surface area contributed by atoms with Gasteiger partial charge in [0.25, 0.3) is 0 Å². The van der Waals surface area contributed by atoms with Gasteiger partial charge in [0.2, 0.25) is 0 Å². The number of piperidine rings is 1. The summed E-state index contributed by atoms with van der Waals surface area (Å²) in [6.45, 7) is 8.40. The van der Waals surface area contributed by atoms with Gasteiger partial charge in [0.05, 0.1) is 6.61 Å². The first-order valence-electron chi connectivity index (χ1n) is 8.47. The van der Waals surface area contributed by atoms with Gasteiger partial charge in [0.15, 0.2) is 0 Å². The Bertz CT molecular complexity index is 277. The molecule has 4 heteroatoms. The van der Waals surface area contributed by atoms with E-state index in [0.29, 0.717) is 0 Å². The molecule has 0 aliphatic carbocycles. The quantitative estimate of drug-likeness (QED) is 0.694. The molecule has 2 atom stereocenters. The summed E-state index contributed by atoms with van der Waals surface area (Å²) in [4.78, 5) is 5.33. The van der Waals surface area contributed by atoms with Crippen LogP contribution in [-0.2, 0) is 0 Å². The number of rotatable bonds is 7. The van der Waals surface area contributed by atoms with Crippen LogP contribution in [0.25, 0.3) is 0 Å². The topological polar surface area (TPSA) is 52.7 Å². The summed E-state index contributed by atoms with van der Waals surface area (Å²) >= 11 is 0. The molecule has 2 saturated heterocycles. The van der Waals surface area contributed by atoms with Crippen LogP contribution in [0.4, 0.5) is 0 Å². The normalized spacial score (nSPS) is 28.6. The van der Waals surface area contributed by atoms with Crippen LogP contribution in [0.5, 0.6) is 0 Å². The van der Waals surface area contributed by atoms with Gasteiger partial charge in [-0.1, -0.05) is 12.8 Å².